The number of fused-ring (bicyclic) bond motifs is 1. The number of ether oxygens (including phenoxy) is 3. The van der Waals surface area contributed by atoms with E-state index in [-0.39, 0.29) is 0 Å². The molecule has 0 aromatic heterocycles. The van der Waals surface area contributed by atoms with Crippen molar-refractivity contribution in [3.8, 4) is 11.5 Å². The first-order valence-electron chi connectivity index (χ1n) is 4.45. The van der Waals surface area contributed by atoms with E-state index in [2.05, 4.69) is 0 Å². The summed E-state index contributed by atoms with van der Waals surface area (Å²) in [6.07, 6.45) is 3.95. The number of hydrogen-bond donors (Lipinski definition) is 0. The molecule has 0 saturated carbocycles. The van der Waals surface area contributed by atoms with Crippen molar-refractivity contribution in [3.05, 3.63) is 29.8 Å². The van der Waals surface area contributed by atoms with Crippen molar-refractivity contribution in [3.63, 3.8) is 0 Å². The van der Waals surface area contributed by atoms with Crippen LogP contribution in [0.5, 0.6) is 11.5 Å². The summed E-state index contributed by atoms with van der Waals surface area (Å²) in [7, 11) is 1.67. The molecule has 14 heavy (non-hydrogen) atoms. The van der Waals surface area contributed by atoms with Gasteiger partial charge < -0.3 is 14.2 Å². The van der Waals surface area contributed by atoms with E-state index >= 15 is 0 Å². The Balaban J connectivity index is 2.12. The Kier molecular flexibility index (Phi) is 2.70. The lowest BCUT2D eigenvalue weighted by Crippen LogP contribution is -1.92. The molecule has 0 spiro atoms. The molecule has 0 fully saturated rings. The molecule has 1 aliphatic heterocycles. The molecule has 0 atom stereocenters. The molecule has 0 bridgehead atoms. The van der Waals surface area contributed by atoms with Gasteiger partial charge >= 0.3 is 0 Å². The molecule has 3 heteroatoms. The normalized spacial score (nSPS) is 13.8. The molecule has 0 amide bonds. The molecule has 0 aliphatic carbocycles. The van der Waals surface area contributed by atoms with Crippen LogP contribution < -0.4 is 9.47 Å². The fourth-order valence-electron chi connectivity index (χ4n) is 1.30. The minimum Gasteiger partial charge on any atom is -0.454 e. The first kappa shape index (κ1) is 9.09. The number of methoxy groups -OCH3 is 1. The van der Waals surface area contributed by atoms with Gasteiger partial charge in [-0.05, 0) is 17.7 Å². The van der Waals surface area contributed by atoms with Gasteiger partial charge in [-0.1, -0.05) is 18.2 Å². The quantitative estimate of drug-likeness (QED) is 0.733. The van der Waals surface area contributed by atoms with Crippen molar-refractivity contribution in [2.24, 2.45) is 0 Å². The van der Waals surface area contributed by atoms with Crippen LogP contribution in [0.2, 0.25) is 0 Å². The molecule has 1 aromatic carbocycles. The van der Waals surface area contributed by atoms with Crippen molar-refractivity contribution < 1.29 is 14.2 Å². The summed E-state index contributed by atoms with van der Waals surface area (Å²) in [6.45, 7) is 0.939. The maximum Gasteiger partial charge on any atom is 0.231 e. The first-order valence-corrected chi connectivity index (χ1v) is 4.45. The lowest BCUT2D eigenvalue weighted by molar-refractivity contribution is 0.174. The molecular weight excluding hydrogens is 180 g/mol. The fourth-order valence-corrected chi connectivity index (χ4v) is 1.30. The number of benzene rings is 1. The zero-order chi connectivity index (χ0) is 9.80. The topological polar surface area (TPSA) is 27.7 Å². The average molecular weight is 192 g/mol. The van der Waals surface area contributed by atoms with Gasteiger partial charge in [-0.2, -0.15) is 0 Å². The van der Waals surface area contributed by atoms with Crippen molar-refractivity contribution in [2.75, 3.05) is 20.5 Å². The summed E-state index contributed by atoms with van der Waals surface area (Å²) in [5, 5.41) is 0. The summed E-state index contributed by atoms with van der Waals surface area (Å²) in [5.74, 6) is 1.62. The minimum absolute atomic E-state index is 0.320. The average Bonchev–Trinajstić information content (AvgIpc) is 2.65. The maximum absolute atomic E-state index is 5.26. The lowest BCUT2D eigenvalue weighted by atomic mass is 10.2. The van der Waals surface area contributed by atoms with Gasteiger partial charge in [0.25, 0.3) is 0 Å². The van der Waals surface area contributed by atoms with Crippen LogP contribution in [-0.4, -0.2) is 20.5 Å². The summed E-state index contributed by atoms with van der Waals surface area (Å²) in [4.78, 5) is 0. The maximum atomic E-state index is 5.26. The van der Waals surface area contributed by atoms with Crippen molar-refractivity contribution >= 4 is 6.08 Å². The molecule has 3 nitrogen and oxygen atoms in total. The van der Waals surface area contributed by atoms with E-state index in [4.69, 9.17) is 14.2 Å². The van der Waals surface area contributed by atoms with Crippen LogP contribution in [0.4, 0.5) is 0 Å². The Bertz CT molecular complexity index is 344. The molecule has 74 valence electrons. The van der Waals surface area contributed by atoms with E-state index in [0.29, 0.717) is 13.4 Å². The summed E-state index contributed by atoms with van der Waals surface area (Å²) < 4.78 is 15.4. The summed E-state index contributed by atoms with van der Waals surface area (Å²) >= 11 is 0. The van der Waals surface area contributed by atoms with Gasteiger partial charge in [-0.25, -0.2) is 0 Å². The van der Waals surface area contributed by atoms with Gasteiger partial charge in [0, 0.05) is 7.11 Å². The highest BCUT2D eigenvalue weighted by atomic mass is 16.7. The van der Waals surface area contributed by atoms with E-state index in [1.165, 1.54) is 0 Å². The zero-order valence-electron chi connectivity index (χ0n) is 8.03. The van der Waals surface area contributed by atoms with Gasteiger partial charge in [-0.3, -0.25) is 0 Å². The Morgan fingerprint density at radius 3 is 3.07 bits per heavy atom. The van der Waals surface area contributed by atoms with Gasteiger partial charge in [0.15, 0.2) is 11.5 Å². The molecule has 0 N–H and O–H groups in total. The highest BCUT2D eigenvalue weighted by Gasteiger charge is 2.11. The Hall–Kier alpha value is -1.48. The molecule has 0 radical (unpaired) electrons. The monoisotopic (exact) mass is 192 g/mol. The van der Waals surface area contributed by atoms with E-state index in [9.17, 15) is 0 Å². The van der Waals surface area contributed by atoms with Crippen LogP contribution in [0, 0.1) is 0 Å². The molecular formula is C11H12O3. The Morgan fingerprint density at radius 1 is 1.36 bits per heavy atom. The van der Waals surface area contributed by atoms with Gasteiger partial charge in [0.1, 0.15) is 0 Å². The molecule has 0 saturated heterocycles. The zero-order valence-corrected chi connectivity index (χ0v) is 8.03. The van der Waals surface area contributed by atoms with E-state index in [1.807, 2.05) is 30.4 Å². The summed E-state index contributed by atoms with van der Waals surface area (Å²) in [5.41, 5.74) is 1.09. The van der Waals surface area contributed by atoms with E-state index in [0.717, 1.165) is 17.1 Å². The second-order valence-corrected chi connectivity index (χ2v) is 2.97. The van der Waals surface area contributed by atoms with Crippen LogP contribution in [0.1, 0.15) is 5.56 Å². The third kappa shape index (κ3) is 1.88. The predicted octanol–water partition coefficient (Wildman–Crippen LogP) is 2.07. The largest absolute Gasteiger partial charge is 0.454 e. The Morgan fingerprint density at radius 2 is 2.21 bits per heavy atom. The van der Waals surface area contributed by atoms with Crippen molar-refractivity contribution in [1.82, 2.24) is 0 Å². The second-order valence-electron chi connectivity index (χ2n) is 2.97. The van der Waals surface area contributed by atoms with Crippen LogP contribution in [0.3, 0.4) is 0 Å². The Labute approximate surface area is 82.9 Å². The van der Waals surface area contributed by atoms with Crippen molar-refractivity contribution in [1.29, 1.82) is 0 Å². The standard InChI is InChI=1S/C11H12O3/c1-12-6-2-3-9-4-5-10-11(7-9)14-8-13-10/h2-5,7H,6,8H2,1H3. The van der Waals surface area contributed by atoms with Gasteiger partial charge in [0.2, 0.25) is 6.79 Å². The molecule has 2 rings (SSSR count). The molecule has 1 aliphatic rings. The molecule has 1 aromatic rings. The van der Waals surface area contributed by atoms with Crippen LogP contribution in [-0.2, 0) is 4.74 Å². The van der Waals surface area contributed by atoms with Crippen LogP contribution >= 0.6 is 0 Å². The van der Waals surface area contributed by atoms with Crippen LogP contribution in [0.25, 0.3) is 6.08 Å². The third-order valence-electron chi connectivity index (χ3n) is 1.97. The van der Waals surface area contributed by atoms with Gasteiger partial charge in [-0.15, -0.1) is 0 Å². The highest BCUT2D eigenvalue weighted by molar-refractivity contribution is 5.56. The van der Waals surface area contributed by atoms with Crippen LogP contribution in [0.15, 0.2) is 24.3 Å². The predicted molar refractivity (Wildman–Crippen MR) is 53.5 cm³/mol. The number of hydrogen-bond acceptors (Lipinski definition) is 3. The SMILES string of the molecule is COCC=Cc1ccc2c(c1)OCO2. The first-order chi connectivity index (χ1) is 6.90. The third-order valence-corrected chi connectivity index (χ3v) is 1.97. The fraction of sp³-hybridized carbons (Fsp3) is 0.273. The second kappa shape index (κ2) is 4.15. The van der Waals surface area contributed by atoms with E-state index < -0.39 is 0 Å². The lowest BCUT2D eigenvalue weighted by Gasteiger charge is -1.97. The smallest absolute Gasteiger partial charge is 0.231 e. The van der Waals surface area contributed by atoms with Crippen molar-refractivity contribution in [2.45, 2.75) is 0 Å². The highest BCUT2D eigenvalue weighted by Crippen LogP contribution is 2.32. The minimum atomic E-state index is 0.320. The molecule has 1 heterocycles. The number of rotatable bonds is 3. The van der Waals surface area contributed by atoms with Gasteiger partial charge in [0.05, 0.1) is 6.61 Å². The molecule has 0 unspecified atom stereocenters. The summed E-state index contributed by atoms with van der Waals surface area (Å²) in [6, 6.07) is 5.85. The van der Waals surface area contributed by atoms with E-state index in [1.54, 1.807) is 7.11 Å².